The number of hydrogen-bond donors (Lipinski definition) is 1. The number of ether oxygens (including phenoxy) is 1. The summed E-state index contributed by atoms with van der Waals surface area (Å²) < 4.78 is 27.7. The van der Waals surface area contributed by atoms with E-state index >= 15 is 0 Å². The van der Waals surface area contributed by atoms with Crippen LogP contribution in [0.4, 0.5) is 5.69 Å². The van der Waals surface area contributed by atoms with Crippen molar-refractivity contribution in [3.8, 4) is 0 Å². The van der Waals surface area contributed by atoms with Crippen molar-refractivity contribution in [3.05, 3.63) is 24.3 Å². The van der Waals surface area contributed by atoms with E-state index in [9.17, 15) is 13.2 Å². The Morgan fingerprint density at radius 1 is 1.28 bits per heavy atom. The molecular weight excluding hydrogens is 254 g/mol. The van der Waals surface area contributed by atoms with Crippen LogP contribution in [-0.2, 0) is 19.4 Å². The molecule has 0 aliphatic rings. The number of methoxy groups -OCH3 is 1. The summed E-state index contributed by atoms with van der Waals surface area (Å²) in [7, 11) is -1.81. The lowest BCUT2D eigenvalue weighted by molar-refractivity contribution is -0.140. The van der Waals surface area contributed by atoms with Crippen LogP contribution in [-0.4, -0.2) is 33.8 Å². The molecule has 0 radical (unpaired) electrons. The first kappa shape index (κ1) is 14.5. The lowest BCUT2D eigenvalue weighted by Crippen LogP contribution is -2.10. The topological polar surface area (TPSA) is 72.5 Å². The molecule has 0 aliphatic heterocycles. The summed E-state index contributed by atoms with van der Waals surface area (Å²) in [5.41, 5.74) is 0.772. The van der Waals surface area contributed by atoms with Crippen LogP contribution in [0.5, 0.6) is 0 Å². The highest BCUT2D eigenvalue weighted by Crippen LogP contribution is 2.15. The summed E-state index contributed by atoms with van der Waals surface area (Å²) in [5, 5.41) is 3.01. The van der Waals surface area contributed by atoms with E-state index < -0.39 is 9.84 Å². The number of carbonyl (C=O) groups is 1. The van der Waals surface area contributed by atoms with E-state index in [0.717, 1.165) is 5.69 Å². The van der Waals surface area contributed by atoms with Crippen molar-refractivity contribution in [1.29, 1.82) is 0 Å². The Hall–Kier alpha value is -1.56. The maximum Gasteiger partial charge on any atom is 0.307 e. The van der Waals surface area contributed by atoms with Crippen LogP contribution < -0.4 is 5.32 Å². The molecule has 0 bridgehead atoms. The summed E-state index contributed by atoms with van der Waals surface area (Å²) in [5.74, 6) is -0.199. The van der Waals surface area contributed by atoms with E-state index in [1.165, 1.54) is 7.11 Å². The summed E-state index contributed by atoms with van der Waals surface area (Å²) in [6.07, 6.45) is 0.269. The van der Waals surface area contributed by atoms with Gasteiger partial charge in [-0.15, -0.1) is 0 Å². The largest absolute Gasteiger partial charge is 0.469 e. The van der Waals surface area contributed by atoms with Gasteiger partial charge in [0.1, 0.15) is 0 Å². The molecule has 0 atom stereocenters. The number of sulfone groups is 1. The first-order chi connectivity index (χ1) is 8.49. The fraction of sp³-hybridized carbons (Fsp3) is 0.417. The molecule has 1 aromatic carbocycles. The van der Waals surface area contributed by atoms with E-state index in [0.29, 0.717) is 11.4 Å². The number of esters is 1. The second-order valence-corrected chi connectivity index (χ2v) is 5.96. The predicted molar refractivity (Wildman–Crippen MR) is 69.3 cm³/mol. The van der Waals surface area contributed by atoms with Crippen molar-refractivity contribution in [2.24, 2.45) is 0 Å². The Labute approximate surface area is 107 Å². The van der Waals surface area contributed by atoms with Gasteiger partial charge >= 0.3 is 5.97 Å². The number of anilines is 1. The molecule has 0 aliphatic carbocycles. The third-order valence-electron chi connectivity index (χ3n) is 2.48. The van der Waals surface area contributed by atoms with Gasteiger partial charge in [0.05, 0.1) is 24.2 Å². The number of nitrogens with one attached hydrogen (secondary N) is 1. The van der Waals surface area contributed by atoms with Gasteiger partial charge in [-0.3, -0.25) is 4.79 Å². The minimum Gasteiger partial charge on any atom is -0.469 e. The molecule has 6 heteroatoms. The van der Waals surface area contributed by atoms with Crippen LogP contribution >= 0.6 is 0 Å². The minimum absolute atomic E-state index is 0.0854. The molecule has 0 heterocycles. The molecule has 0 amide bonds. The minimum atomic E-state index is -3.15. The van der Waals surface area contributed by atoms with Gasteiger partial charge in [-0.05, 0) is 24.3 Å². The second kappa shape index (κ2) is 6.39. The Morgan fingerprint density at radius 3 is 2.39 bits per heavy atom. The summed E-state index contributed by atoms with van der Waals surface area (Å²) in [6, 6.07) is 6.47. The molecule has 0 saturated carbocycles. The molecule has 100 valence electrons. The quantitative estimate of drug-likeness (QED) is 0.793. The van der Waals surface area contributed by atoms with Crippen molar-refractivity contribution in [2.75, 3.05) is 24.7 Å². The molecule has 5 nitrogen and oxygen atoms in total. The normalized spacial score (nSPS) is 11.0. The van der Waals surface area contributed by atoms with Crippen LogP contribution in [0.2, 0.25) is 0 Å². The molecule has 18 heavy (non-hydrogen) atoms. The molecule has 1 rings (SSSR count). The van der Waals surface area contributed by atoms with Crippen molar-refractivity contribution in [2.45, 2.75) is 18.2 Å². The molecule has 0 saturated heterocycles. The molecule has 1 N–H and O–H groups in total. The standard InChI is InChI=1S/C12H17NO4S/c1-3-18(15,16)11-6-4-10(5-7-11)13-9-8-12(14)17-2/h4-7,13H,3,8-9H2,1-2H3. The third kappa shape index (κ3) is 4.03. The van der Waals surface area contributed by atoms with Gasteiger partial charge in [0.2, 0.25) is 0 Å². The van der Waals surface area contributed by atoms with Gasteiger partial charge in [-0.25, -0.2) is 8.42 Å². The fourth-order valence-corrected chi connectivity index (χ4v) is 2.24. The van der Waals surface area contributed by atoms with E-state index in [4.69, 9.17) is 0 Å². The molecule has 0 fully saturated rings. The van der Waals surface area contributed by atoms with Crippen LogP contribution in [0.3, 0.4) is 0 Å². The lowest BCUT2D eigenvalue weighted by Gasteiger charge is -2.06. The van der Waals surface area contributed by atoms with E-state index in [1.54, 1.807) is 31.2 Å². The summed E-state index contributed by atoms with van der Waals surface area (Å²) in [4.78, 5) is 11.2. The van der Waals surface area contributed by atoms with Gasteiger partial charge < -0.3 is 10.1 Å². The van der Waals surface area contributed by atoms with Crippen LogP contribution in [0.25, 0.3) is 0 Å². The first-order valence-corrected chi connectivity index (χ1v) is 7.28. The van der Waals surface area contributed by atoms with Crippen LogP contribution in [0.15, 0.2) is 29.2 Å². The van der Waals surface area contributed by atoms with Gasteiger partial charge in [0.25, 0.3) is 0 Å². The van der Waals surface area contributed by atoms with Gasteiger partial charge in [0, 0.05) is 12.2 Å². The maximum absolute atomic E-state index is 11.6. The molecule has 1 aromatic rings. The highest BCUT2D eigenvalue weighted by molar-refractivity contribution is 7.91. The van der Waals surface area contributed by atoms with Crippen LogP contribution in [0, 0.1) is 0 Å². The Balaban J connectivity index is 2.59. The third-order valence-corrected chi connectivity index (χ3v) is 4.23. The highest BCUT2D eigenvalue weighted by atomic mass is 32.2. The maximum atomic E-state index is 11.6. The number of carbonyl (C=O) groups excluding carboxylic acids is 1. The summed E-state index contributed by atoms with van der Waals surface area (Å²) >= 11 is 0. The average molecular weight is 271 g/mol. The van der Waals surface area contributed by atoms with Crippen molar-refractivity contribution < 1.29 is 17.9 Å². The molecular formula is C12H17NO4S. The van der Waals surface area contributed by atoms with E-state index in [-0.39, 0.29) is 18.1 Å². The monoisotopic (exact) mass is 271 g/mol. The number of rotatable bonds is 6. The summed E-state index contributed by atoms with van der Waals surface area (Å²) in [6.45, 7) is 2.06. The van der Waals surface area contributed by atoms with E-state index in [2.05, 4.69) is 10.1 Å². The molecule has 0 unspecified atom stereocenters. The second-order valence-electron chi connectivity index (χ2n) is 3.68. The zero-order valence-electron chi connectivity index (χ0n) is 10.5. The van der Waals surface area contributed by atoms with E-state index in [1.807, 2.05) is 0 Å². The molecule has 0 aromatic heterocycles. The van der Waals surface area contributed by atoms with Crippen molar-refractivity contribution in [3.63, 3.8) is 0 Å². The smallest absolute Gasteiger partial charge is 0.307 e. The Bertz CT molecular complexity index is 493. The average Bonchev–Trinajstić information content (AvgIpc) is 2.39. The Morgan fingerprint density at radius 2 is 1.89 bits per heavy atom. The number of benzene rings is 1. The predicted octanol–water partition coefficient (Wildman–Crippen LogP) is 1.46. The van der Waals surface area contributed by atoms with Gasteiger partial charge in [0.15, 0.2) is 9.84 Å². The van der Waals surface area contributed by atoms with Gasteiger partial charge in [-0.1, -0.05) is 6.92 Å². The zero-order valence-corrected chi connectivity index (χ0v) is 11.3. The number of hydrogen-bond acceptors (Lipinski definition) is 5. The fourth-order valence-electron chi connectivity index (χ4n) is 1.36. The first-order valence-electron chi connectivity index (χ1n) is 5.63. The zero-order chi connectivity index (χ0) is 13.6. The van der Waals surface area contributed by atoms with Crippen molar-refractivity contribution >= 4 is 21.5 Å². The lowest BCUT2D eigenvalue weighted by atomic mass is 10.3. The van der Waals surface area contributed by atoms with Gasteiger partial charge in [-0.2, -0.15) is 0 Å². The SMILES string of the molecule is CCS(=O)(=O)c1ccc(NCCC(=O)OC)cc1. The van der Waals surface area contributed by atoms with Crippen molar-refractivity contribution in [1.82, 2.24) is 0 Å². The Kier molecular flexibility index (Phi) is 5.15. The highest BCUT2D eigenvalue weighted by Gasteiger charge is 2.10. The molecule has 0 spiro atoms. The van der Waals surface area contributed by atoms with Crippen LogP contribution in [0.1, 0.15) is 13.3 Å².